The van der Waals surface area contributed by atoms with Gasteiger partial charge in [0.2, 0.25) is 0 Å². The Balaban J connectivity index is 1.60. The molecule has 5 nitrogen and oxygen atoms in total. The van der Waals surface area contributed by atoms with Crippen molar-refractivity contribution in [2.75, 3.05) is 13.1 Å². The summed E-state index contributed by atoms with van der Waals surface area (Å²) in [4.78, 5) is 18.5. The van der Waals surface area contributed by atoms with Gasteiger partial charge in [-0.15, -0.1) is 0 Å². The van der Waals surface area contributed by atoms with Crippen LogP contribution in [0.15, 0.2) is 60.8 Å². The summed E-state index contributed by atoms with van der Waals surface area (Å²) in [5.74, 6) is -1.19. The number of benzene rings is 2. The van der Waals surface area contributed by atoms with E-state index in [-0.39, 0.29) is 42.6 Å². The number of carbonyl (C=O) groups is 1. The summed E-state index contributed by atoms with van der Waals surface area (Å²) in [5.41, 5.74) is -1.46. The zero-order valence-corrected chi connectivity index (χ0v) is 20.2. The molecule has 1 aliphatic rings. The number of pyridine rings is 1. The van der Waals surface area contributed by atoms with Gasteiger partial charge < -0.3 is 14.7 Å². The first-order chi connectivity index (χ1) is 17.8. The molecule has 1 amide bonds. The molecule has 3 aromatic rings. The monoisotopic (exact) mass is 538 g/mol. The van der Waals surface area contributed by atoms with Gasteiger partial charge in [-0.1, -0.05) is 24.3 Å². The van der Waals surface area contributed by atoms with E-state index in [1.807, 2.05) is 25.1 Å². The predicted octanol–water partition coefficient (Wildman–Crippen LogP) is 6.35. The van der Waals surface area contributed by atoms with Gasteiger partial charge >= 0.3 is 12.4 Å². The molecule has 0 spiro atoms. The van der Waals surface area contributed by atoms with Gasteiger partial charge in [0.15, 0.2) is 5.69 Å². The average molecular weight is 538 g/mol. The molecule has 202 valence electrons. The van der Waals surface area contributed by atoms with Crippen LogP contribution >= 0.6 is 0 Å². The molecule has 11 heteroatoms. The molecule has 2 heterocycles. The molecule has 0 aliphatic carbocycles. The number of aromatic hydroxyl groups is 1. The Labute approximate surface area is 214 Å². The van der Waals surface area contributed by atoms with E-state index in [9.17, 15) is 36.2 Å². The van der Waals surface area contributed by atoms with Crippen LogP contribution in [0.1, 0.15) is 50.6 Å². The van der Waals surface area contributed by atoms with Crippen molar-refractivity contribution in [2.45, 2.75) is 44.3 Å². The number of piperidine rings is 1. The van der Waals surface area contributed by atoms with E-state index in [0.29, 0.717) is 12.1 Å². The molecule has 2 aromatic carbocycles. The lowest BCUT2D eigenvalue weighted by Gasteiger charge is -2.39. The Bertz CT molecular complexity index is 1280. The van der Waals surface area contributed by atoms with E-state index in [1.54, 1.807) is 6.07 Å². The van der Waals surface area contributed by atoms with Crippen molar-refractivity contribution >= 4 is 5.91 Å². The highest BCUT2D eigenvalue weighted by atomic mass is 19.4. The second-order valence-corrected chi connectivity index (χ2v) is 9.14. The van der Waals surface area contributed by atoms with Gasteiger partial charge in [-0.3, -0.25) is 4.79 Å². The van der Waals surface area contributed by atoms with Crippen LogP contribution in [0.5, 0.6) is 5.75 Å². The lowest BCUT2D eigenvalue weighted by atomic mass is 9.85. The first-order valence-electron chi connectivity index (χ1n) is 11.7. The van der Waals surface area contributed by atoms with Gasteiger partial charge in [0, 0.05) is 25.2 Å². The lowest BCUT2D eigenvalue weighted by molar-refractivity contribution is -0.143. The maximum absolute atomic E-state index is 13.3. The Morgan fingerprint density at radius 2 is 1.68 bits per heavy atom. The normalized spacial score (nSPS) is 18.4. The Morgan fingerprint density at radius 1 is 1.03 bits per heavy atom. The van der Waals surface area contributed by atoms with Gasteiger partial charge in [-0.2, -0.15) is 26.3 Å². The molecule has 4 rings (SSSR count). The van der Waals surface area contributed by atoms with Crippen LogP contribution in [0.3, 0.4) is 0 Å². The first-order valence-corrected chi connectivity index (χ1v) is 11.7. The van der Waals surface area contributed by atoms with Gasteiger partial charge in [-0.25, -0.2) is 4.98 Å². The molecule has 0 radical (unpaired) electrons. The van der Waals surface area contributed by atoms with Crippen LogP contribution in [0.2, 0.25) is 0 Å². The van der Waals surface area contributed by atoms with Crippen LogP contribution in [-0.4, -0.2) is 40.1 Å². The second-order valence-electron chi connectivity index (χ2n) is 9.14. The minimum absolute atomic E-state index is 0.0801. The zero-order valence-electron chi connectivity index (χ0n) is 20.2. The van der Waals surface area contributed by atoms with Crippen molar-refractivity contribution in [2.24, 2.45) is 0 Å². The largest absolute Gasteiger partial charge is 0.505 e. The molecule has 0 bridgehead atoms. The highest BCUT2D eigenvalue weighted by Crippen LogP contribution is 2.38. The maximum Gasteiger partial charge on any atom is 0.416 e. The molecule has 1 N–H and O–H groups in total. The number of hydrogen-bond donors (Lipinski definition) is 1. The maximum atomic E-state index is 13.3. The van der Waals surface area contributed by atoms with Crippen LogP contribution < -0.4 is 0 Å². The number of alkyl halides is 6. The lowest BCUT2D eigenvalue weighted by Crippen LogP contribution is -2.46. The molecule has 0 saturated carbocycles. The van der Waals surface area contributed by atoms with Crippen LogP contribution in [0.25, 0.3) is 0 Å². The molecule has 1 unspecified atom stereocenters. The second kappa shape index (κ2) is 10.6. The number of amides is 1. The van der Waals surface area contributed by atoms with E-state index in [2.05, 4.69) is 4.98 Å². The summed E-state index contributed by atoms with van der Waals surface area (Å²) in [6.45, 7) is 1.73. The third kappa shape index (κ3) is 6.09. The molecule has 1 aromatic heterocycles. The minimum Gasteiger partial charge on any atom is -0.505 e. The SMILES string of the molecule is Cc1ccccc1[C@@H]1CN(C(=O)c2ncccc2O)CCC1OCc1cc(C(F)(F)F)cc(C(F)(F)F)c1. The van der Waals surface area contributed by atoms with Crippen molar-refractivity contribution in [3.05, 3.63) is 94.3 Å². The van der Waals surface area contributed by atoms with E-state index < -0.39 is 48.0 Å². The number of hydrogen-bond acceptors (Lipinski definition) is 4. The topological polar surface area (TPSA) is 62.7 Å². The van der Waals surface area contributed by atoms with Crippen molar-refractivity contribution in [3.63, 3.8) is 0 Å². The van der Waals surface area contributed by atoms with E-state index in [0.717, 1.165) is 11.1 Å². The molecule has 1 aliphatic heterocycles. The number of likely N-dealkylation sites (tertiary alicyclic amines) is 1. The molecule has 2 atom stereocenters. The van der Waals surface area contributed by atoms with Crippen molar-refractivity contribution in [1.82, 2.24) is 9.88 Å². The molecule has 1 saturated heterocycles. The minimum atomic E-state index is -4.96. The average Bonchev–Trinajstić information content (AvgIpc) is 2.86. The van der Waals surface area contributed by atoms with Crippen LogP contribution in [0.4, 0.5) is 26.3 Å². The Kier molecular flexibility index (Phi) is 7.68. The Morgan fingerprint density at radius 3 is 2.29 bits per heavy atom. The van der Waals surface area contributed by atoms with E-state index >= 15 is 0 Å². The molecular formula is C27H24F6N2O3. The van der Waals surface area contributed by atoms with Crippen molar-refractivity contribution < 1.29 is 41.0 Å². The summed E-state index contributed by atoms with van der Waals surface area (Å²) in [5, 5.41) is 10.1. The van der Waals surface area contributed by atoms with Crippen LogP contribution in [0, 0.1) is 6.92 Å². The van der Waals surface area contributed by atoms with Gasteiger partial charge in [0.1, 0.15) is 5.75 Å². The van der Waals surface area contributed by atoms with Gasteiger partial charge in [-0.05, 0) is 60.4 Å². The number of halogens is 6. The first kappa shape index (κ1) is 27.4. The smallest absolute Gasteiger partial charge is 0.416 e. The number of aryl methyl sites for hydroxylation is 1. The Hall–Kier alpha value is -3.60. The summed E-state index contributed by atoms with van der Waals surface area (Å²) in [6, 6.07) is 11.5. The summed E-state index contributed by atoms with van der Waals surface area (Å²) >= 11 is 0. The molecule has 1 fully saturated rings. The van der Waals surface area contributed by atoms with Crippen LogP contribution in [-0.2, 0) is 23.7 Å². The third-order valence-electron chi connectivity index (χ3n) is 6.53. The summed E-state index contributed by atoms with van der Waals surface area (Å²) in [7, 11) is 0. The quantitative estimate of drug-likeness (QED) is 0.385. The van der Waals surface area contributed by atoms with E-state index in [4.69, 9.17) is 4.74 Å². The highest BCUT2D eigenvalue weighted by molar-refractivity contribution is 5.94. The molecular weight excluding hydrogens is 514 g/mol. The predicted molar refractivity (Wildman–Crippen MR) is 125 cm³/mol. The standard InChI is InChI=1S/C27H24F6N2O3/c1-16-5-2-3-6-20(16)21-14-35(25(37)24-22(36)7-4-9-34-24)10-8-23(21)38-15-17-11-18(26(28,29)30)13-19(12-17)27(31,32)33/h2-7,9,11-13,21,23,36H,8,10,14-15H2,1H3/t21-,23?/m0/s1. The zero-order chi connectivity index (χ0) is 27.7. The van der Waals surface area contributed by atoms with Gasteiger partial charge in [0.05, 0.1) is 23.8 Å². The van der Waals surface area contributed by atoms with Gasteiger partial charge in [0.25, 0.3) is 5.91 Å². The highest BCUT2D eigenvalue weighted by Gasteiger charge is 2.38. The summed E-state index contributed by atoms with van der Waals surface area (Å²) in [6.07, 6.45) is -8.86. The summed E-state index contributed by atoms with van der Waals surface area (Å²) < 4.78 is 85.6. The fourth-order valence-electron chi connectivity index (χ4n) is 4.63. The molecule has 38 heavy (non-hydrogen) atoms. The number of rotatable bonds is 5. The fourth-order valence-corrected chi connectivity index (χ4v) is 4.63. The number of ether oxygens (including phenoxy) is 1. The van der Waals surface area contributed by atoms with Crippen molar-refractivity contribution in [1.29, 1.82) is 0 Å². The van der Waals surface area contributed by atoms with Crippen molar-refractivity contribution in [3.8, 4) is 5.75 Å². The number of aromatic nitrogens is 1. The fraction of sp³-hybridized carbons (Fsp3) is 0.333. The number of carbonyl (C=O) groups excluding carboxylic acids is 1. The third-order valence-corrected chi connectivity index (χ3v) is 6.53. The number of nitrogens with zero attached hydrogens (tertiary/aromatic N) is 2. The van der Waals surface area contributed by atoms with E-state index in [1.165, 1.54) is 23.2 Å².